The monoisotopic (exact) mass is 300 g/mol. The Hall–Kier alpha value is -2.34. The summed E-state index contributed by atoms with van der Waals surface area (Å²) in [6.07, 6.45) is 0. The van der Waals surface area contributed by atoms with Gasteiger partial charge in [0, 0.05) is 37.9 Å². The number of hydrogen-bond acceptors (Lipinski definition) is 5. The molecule has 2 aromatic rings. The summed E-state index contributed by atoms with van der Waals surface area (Å²) in [6.45, 7) is 5.80. The Morgan fingerprint density at radius 2 is 1.95 bits per heavy atom. The number of rotatable bonds is 4. The molecular weight excluding hydrogens is 280 g/mol. The van der Waals surface area contributed by atoms with Gasteiger partial charge in [0.1, 0.15) is 0 Å². The number of piperazine rings is 1. The third-order valence-electron chi connectivity index (χ3n) is 3.75. The van der Waals surface area contributed by atoms with Gasteiger partial charge in [0.05, 0.1) is 12.2 Å². The number of aryl methyl sites for hydroxylation is 1. The zero-order valence-electron chi connectivity index (χ0n) is 12.7. The molecule has 0 spiro atoms. The van der Waals surface area contributed by atoms with E-state index in [0.717, 1.165) is 31.9 Å². The molecule has 0 aliphatic carbocycles. The number of amides is 1. The molecule has 1 fully saturated rings. The van der Waals surface area contributed by atoms with Crippen LogP contribution in [0.1, 0.15) is 5.69 Å². The Morgan fingerprint density at radius 3 is 2.59 bits per heavy atom. The summed E-state index contributed by atoms with van der Waals surface area (Å²) in [5.74, 6) is 0.342. The third-order valence-corrected chi connectivity index (χ3v) is 3.75. The molecule has 0 radical (unpaired) electrons. The molecular formula is C16H20N4O2. The second-order valence-electron chi connectivity index (χ2n) is 5.48. The highest BCUT2D eigenvalue weighted by atomic mass is 16.5. The molecule has 1 aromatic heterocycles. The highest BCUT2D eigenvalue weighted by Gasteiger charge is 2.19. The molecule has 22 heavy (non-hydrogen) atoms. The topological polar surface area (TPSA) is 61.6 Å². The van der Waals surface area contributed by atoms with Crippen LogP contribution in [0.2, 0.25) is 0 Å². The first kappa shape index (κ1) is 14.6. The molecule has 2 heterocycles. The Labute approximate surface area is 129 Å². The lowest BCUT2D eigenvalue weighted by atomic mass is 10.2. The van der Waals surface area contributed by atoms with Crippen LogP contribution in [0.25, 0.3) is 0 Å². The summed E-state index contributed by atoms with van der Waals surface area (Å²) in [4.78, 5) is 16.5. The van der Waals surface area contributed by atoms with Crippen molar-refractivity contribution in [3.63, 3.8) is 0 Å². The summed E-state index contributed by atoms with van der Waals surface area (Å²) < 4.78 is 4.99. The quantitative estimate of drug-likeness (QED) is 0.932. The average Bonchev–Trinajstić information content (AvgIpc) is 2.94. The van der Waals surface area contributed by atoms with Crippen LogP contribution in [0.15, 0.2) is 40.9 Å². The van der Waals surface area contributed by atoms with Gasteiger partial charge in [0.2, 0.25) is 11.8 Å². The van der Waals surface area contributed by atoms with Crippen LogP contribution >= 0.6 is 0 Å². The third kappa shape index (κ3) is 3.65. The van der Waals surface area contributed by atoms with Gasteiger partial charge in [-0.05, 0) is 19.1 Å². The lowest BCUT2D eigenvalue weighted by Crippen LogP contribution is -2.48. The molecule has 1 saturated heterocycles. The van der Waals surface area contributed by atoms with Gasteiger partial charge in [0.15, 0.2) is 0 Å². The number of anilines is 2. The zero-order chi connectivity index (χ0) is 15.4. The van der Waals surface area contributed by atoms with Crippen LogP contribution in [-0.4, -0.2) is 48.7 Å². The molecule has 0 atom stereocenters. The Kier molecular flexibility index (Phi) is 4.39. The fourth-order valence-corrected chi connectivity index (χ4v) is 2.61. The van der Waals surface area contributed by atoms with E-state index in [1.54, 1.807) is 6.07 Å². The van der Waals surface area contributed by atoms with E-state index in [9.17, 15) is 4.79 Å². The van der Waals surface area contributed by atoms with E-state index < -0.39 is 0 Å². The largest absolute Gasteiger partial charge is 0.369 e. The van der Waals surface area contributed by atoms with E-state index in [4.69, 9.17) is 4.52 Å². The van der Waals surface area contributed by atoms with Crippen LogP contribution in [-0.2, 0) is 4.79 Å². The lowest BCUT2D eigenvalue weighted by molar-refractivity contribution is -0.117. The average molecular weight is 300 g/mol. The number of aromatic nitrogens is 1. The molecule has 1 aliphatic heterocycles. The molecule has 6 heteroatoms. The fourth-order valence-electron chi connectivity index (χ4n) is 2.61. The van der Waals surface area contributed by atoms with Crippen LogP contribution in [0.4, 0.5) is 11.6 Å². The number of nitrogens with zero attached hydrogens (tertiary/aromatic N) is 3. The predicted molar refractivity (Wildman–Crippen MR) is 85.0 cm³/mol. The van der Waals surface area contributed by atoms with E-state index in [2.05, 4.69) is 44.5 Å². The summed E-state index contributed by atoms with van der Waals surface area (Å²) in [5.41, 5.74) is 2.00. The van der Waals surface area contributed by atoms with Crippen molar-refractivity contribution in [3.05, 3.63) is 42.1 Å². The Bertz CT molecular complexity index is 618. The number of carbonyl (C=O) groups is 1. The SMILES string of the molecule is Cc1cc(NC(=O)CN2CCN(c3ccccc3)CC2)on1. The van der Waals surface area contributed by atoms with Crippen molar-refractivity contribution in [2.24, 2.45) is 0 Å². The van der Waals surface area contributed by atoms with Crippen molar-refractivity contribution in [1.29, 1.82) is 0 Å². The number of hydrogen-bond donors (Lipinski definition) is 1. The van der Waals surface area contributed by atoms with Crippen LogP contribution in [0.3, 0.4) is 0 Å². The van der Waals surface area contributed by atoms with Crippen molar-refractivity contribution in [2.75, 3.05) is 42.9 Å². The zero-order valence-corrected chi connectivity index (χ0v) is 12.7. The van der Waals surface area contributed by atoms with Gasteiger partial charge in [-0.1, -0.05) is 23.4 Å². The minimum absolute atomic E-state index is 0.0655. The van der Waals surface area contributed by atoms with Gasteiger partial charge in [-0.2, -0.15) is 0 Å². The molecule has 1 N–H and O–H groups in total. The van der Waals surface area contributed by atoms with Crippen LogP contribution < -0.4 is 10.2 Å². The molecule has 1 amide bonds. The molecule has 0 unspecified atom stereocenters. The summed E-state index contributed by atoms with van der Waals surface area (Å²) in [5, 5.41) is 6.48. The standard InChI is InChI=1S/C16H20N4O2/c1-13-11-16(22-18-13)17-15(21)12-19-7-9-20(10-8-19)14-5-3-2-4-6-14/h2-6,11H,7-10,12H2,1H3,(H,17,21). The van der Waals surface area contributed by atoms with Gasteiger partial charge in [-0.3, -0.25) is 15.0 Å². The van der Waals surface area contributed by atoms with E-state index in [1.807, 2.05) is 13.0 Å². The molecule has 3 rings (SSSR count). The number of benzene rings is 1. The van der Waals surface area contributed by atoms with Crippen molar-refractivity contribution >= 4 is 17.5 Å². The molecule has 116 valence electrons. The number of carbonyl (C=O) groups excluding carboxylic acids is 1. The van der Waals surface area contributed by atoms with Gasteiger partial charge in [0.25, 0.3) is 0 Å². The maximum atomic E-state index is 12.0. The summed E-state index contributed by atoms with van der Waals surface area (Å²) in [7, 11) is 0. The van der Waals surface area contributed by atoms with E-state index in [0.29, 0.717) is 12.4 Å². The van der Waals surface area contributed by atoms with Crippen molar-refractivity contribution in [3.8, 4) is 0 Å². The minimum atomic E-state index is -0.0655. The highest BCUT2D eigenvalue weighted by molar-refractivity contribution is 5.90. The molecule has 6 nitrogen and oxygen atoms in total. The predicted octanol–water partition coefficient (Wildman–Crippen LogP) is 1.74. The highest BCUT2D eigenvalue weighted by Crippen LogP contribution is 2.15. The van der Waals surface area contributed by atoms with E-state index in [1.165, 1.54) is 5.69 Å². The number of para-hydroxylation sites is 1. The van der Waals surface area contributed by atoms with Crippen molar-refractivity contribution < 1.29 is 9.32 Å². The summed E-state index contributed by atoms with van der Waals surface area (Å²) >= 11 is 0. The maximum absolute atomic E-state index is 12.0. The second-order valence-corrected chi connectivity index (χ2v) is 5.48. The van der Waals surface area contributed by atoms with Gasteiger partial charge < -0.3 is 9.42 Å². The second kappa shape index (κ2) is 6.62. The van der Waals surface area contributed by atoms with Gasteiger partial charge in [-0.25, -0.2) is 0 Å². The smallest absolute Gasteiger partial charge is 0.240 e. The van der Waals surface area contributed by atoms with E-state index in [-0.39, 0.29) is 5.91 Å². The lowest BCUT2D eigenvalue weighted by Gasteiger charge is -2.35. The van der Waals surface area contributed by atoms with E-state index >= 15 is 0 Å². The Morgan fingerprint density at radius 1 is 1.23 bits per heavy atom. The van der Waals surface area contributed by atoms with Crippen molar-refractivity contribution in [1.82, 2.24) is 10.1 Å². The molecule has 1 aliphatic rings. The molecule has 0 bridgehead atoms. The fraction of sp³-hybridized carbons (Fsp3) is 0.375. The minimum Gasteiger partial charge on any atom is -0.369 e. The van der Waals surface area contributed by atoms with Crippen molar-refractivity contribution in [2.45, 2.75) is 6.92 Å². The first-order valence-electron chi connectivity index (χ1n) is 7.46. The van der Waals surface area contributed by atoms with Crippen LogP contribution in [0.5, 0.6) is 0 Å². The summed E-state index contributed by atoms with van der Waals surface area (Å²) in [6, 6.07) is 12.1. The Balaban J connectivity index is 1.46. The van der Waals surface area contributed by atoms with Gasteiger partial charge >= 0.3 is 0 Å². The maximum Gasteiger partial charge on any atom is 0.240 e. The van der Waals surface area contributed by atoms with Gasteiger partial charge in [-0.15, -0.1) is 0 Å². The number of nitrogens with one attached hydrogen (secondary N) is 1. The normalized spacial score (nSPS) is 15.8. The first-order chi connectivity index (χ1) is 10.7. The molecule has 0 saturated carbocycles. The van der Waals surface area contributed by atoms with Crippen LogP contribution in [0, 0.1) is 6.92 Å². The molecule has 1 aromatic carbocycles. The first-order valence-corrected chi connectivity index (χ1v) is 7.46.